The molecule has 1 N–H and O–H groups in total. The third-order valence-electron chi connectivity index (χ3n) is 7.01. The summed E-state index contributed by atoms with van der Waals surface area (Å²) in [6.07, 6.45) is 1.25. The van der Waals surface area contributed by atoms with E-state index in [0.29, 0.717) is 44.7 Å². The summed E-state index contributed by atoms with van der Waals surface area (Å²) in [7, 11) is 1.35. The first kappa shape index (κ1) is 26.9. The molecular weight excluding hydrogens is 500 g/mol. The lowest BCUT2D eigenvalue weighted by molar-refractivity contribution is 0.0600. The summed E-state index contributed by atoms with van der Waals surface area (Å²) in [5.74, 6) is -0.394. The quantitative estimate of drug-likeness (QED) is 0.196. The summed E-state index contributed by atoms with van der Waals surface area (Å²) in [6, 6.07) is 22.4. The number of nitrogens with zero attached hydrogens (tertiary/aromatic N) is 1. The molecule has 0 spiro atoms. The first-order valence-electron chi connectivity index (χ1n) is 13.5. The van der Waals surface area contributed by atoms with Crippen LogP contribution in [0.1, 0.15) is 47.3 Å². The van der Waals surface area contributed by atoms with Crippen molar-refractivity contribution in [3.63, 3.8) is 0 Å². The minimum atomic E-state index is -0.394. The van der Waals surface area contributed by atoms with Crippen LogP contribution in [-0.4, -0.2) is 22.6 Å². The fourth-order valence-electron chi connectivity index (χ4n) is 5.09. The third-order valence-corrected chi connectivity index (χ3v) is 7.01. The predicted molar refractivity (Wildman–Crippen MR) is 164 cm³/mol. The Kier molecular flexibility index (Phi) is 7.26. The number of hydrogen-bond acceptors (Lipinski definition) is 4. The molecule has 6 nitrogen and oxygen atoms in total. The Bertz CT molecular complexity index is 2030. The van der Waals surface area contributed by atoms with Gasteiger partial charge in [0.05, 0.1) is 29.2 Å². The van der Waals surface area contributed by atoms with Crippen LogP contribution in [0.5, 0.6) is 0 Å². The molecule has 0 aliphatic rings. The maximum Gasteiger partial charge on any atom is 0.337 e. The molecule has 2 aromatic heterocycles. The molecule has 0 unspecified atom stereocenters. The molecule has 0 saturated carbocycles. The van der Waals surface area contributed by atoms with E-state index in [2.05, 4.69) is 23.4 Å². The van der Waals surface area contributed by atoms with E-state index in [9.17, 15) is 14.4 Å². The topological polar surface area (TPSA) is 81.2 Å². The van der Waals surface area contributed by atoms with Crippen LogP contribution in [0.4, 0.5) is 0 Å². The maximum atomic E-state index is 13.7. The molecule has 6 heteroatoms. The molecule has 0 bridgehead atoms. The Labute approximate surface area is 231 Å². The van der Waals surface area contributed by atoms with Gasteiger partial charge in [0.2, 0.25) is 0 Å². The van der Waals surface area contributed by atoms with Gasteiger partial charge in [-0.3, -0.25) is 9.59 Å². The van der Waals surface area contributed by atoms with Crippen LogP contribution in [0, 0.1) is 13.8 Å². The summed E-state index contributed by atoms with van der Waals surface area (Å²) in [4.78, 5) is 42.4. The number of ether oxygens (including phenoxy) is 1. The van der Waals surface area contributed by atoms with E-state index < -0.39 is 5.97 Å². The first-order chi connectivity index (χ1) is 19.2. The van der Waals surface area contributed by atoms with Gasteiger partial charge < -0.3 is 14.3 Å². The monoisotopic (exact) mass is 532 g/mol. The van der Waals surface area contributed by atoms with E-state index >= 15 is 0 Å². The number of pyridine rings is 2. The summed E-state index contributed by atoms with van der Waals surface area (Å²) >= 11 is 0. The number of aromatic amines is 1. The fourth-order valence-corrected chi connectivity index (χ4v) is 5.09. The average Bonchev–Trinajstić information content (AvgIpc) is 2.95. The van der Waals surface area contributed by atoms with Crippen molar-refractivity contribution < 1.29 is 9.53 Å². The van der Waals surface area contributed by atoms with Crippen molar-refractivity contribution in [2.45, 2.75) is 40.7 Å². The molecule has 6 rings (SSSR count). The number of fused-ring (bicyclic) bond motifs is 4. The second-order valence-electron chi connectivity index (χ2n) is 10.2. The third kappa shape index (κ3) is 4.77. The largest absolute Gasteiger partial charge is 0.465 e. The number of nitrogens with one attached hydrogen (secondary N) is 1. The van der Waals surface area contributed by atoms with Crippen LogP contribution in [0.25, 0.3) is 43.6 Å². The lowest BCUT2D eigenvalue weighted by Gasteiger charge is -2.17. The Morgan fingerprint density at radius 1 is 0.725 bits per heavy atom. The lowest BCUT2D eigenvalue weighted by Crippen LogP contribution is -2.14. The molecule has 40 heavy (non-hydrogen) atoms. The molecule has 0 radical (unpaired) electrons. The molecule has 2 heterocycles. The van der Waals surface area contributed by atoms with Crippen molar-refractivity contribution >= 4 is 49.6 Å². The maximum absolute atomic E-state index is 13.7. The zero-order valence-electron chi connectivity index (χ0n) is 23.4. The molecule has 4 aromatic carbocycles. The number of esters is 1. The van der Waals surface area contributed by atoms with Crippen molar-refractivity contribution in [2.75, 3.05) is 7.11 Å². The summed E-state index contributed by atoms with van der Waals surface area (Å²) in [6.45, 7) is 8.62. The van der Waals surface area contributed by atoms with Gasteiger partial charge in [-0.25, -0.2) is 4.79 Å². The van der Waals surface area contributed by atoms with E-state index in [4.69, 9.17) is 4.74 Å². The van der Waals surface area contributed by atoms with Crippen molar-refractivity contribution in [3.8, 4) is 0 Å². The number of rotatable bonds is 3. The highest BCUT2D eigenvalue weighted by atomic mass is 16.5. The van der Waals surface area contributed by atoms with E-state index in [1.54, 1.807) is 18.2 Å². The van der Waals surface area contributed by atoms with Crippen LogP contribution in [0.3, 0.4) is 0 Å². The number of benzene rings is 4. The average molecular weight is 533 g/mol. The predicted octanol–water partition coefficient (Wildman–Crippen LogP) is 7.02. The van der Waals surface area contributed by atoms with E-state index in [1.165, 1.54) is 13.5 Å². The number of methoxy groups -OCH3 is 1. The van der Waals surface area contributed by atoms with Crippen molar-refractivity contribution in [1.82, 2.24) is 9.55 Å². The van der Waals surface area contributed by atoms with E-state index in [0.717, 1.165) is 27.7 Å². The standard InChI is InChI=1S/C31H24N2O4.C3H8/c1-17-4-10-25-21(12-17)29(34)22-15-28-24(14-26(22)32-25)30(35)23-13-18(2)5-11-27(23)33(28)16-19-6-8-20(9-7-19)31(36)37-3;1-3-2/h4-15H,16H2,1-3H3,(H,32,34);3H2,1-2H3. The van der Waals surface area contributed by atoms with Gasteiger partial charge in [-0.15, -0.1) is 0 Å². The normalized spacial score (nSPS) is 11.1. The minimum Gasteiger partial charge on any atom is -0.465 e. The second-order valence-corrected chi connectivity index (χ2v) is 10.2. The molecule has 0 aliphatic heterocycles. The summed E-state index contributed by atoms with van der Waals surface area (Å²) in [5.41, 5.74) is 6.12. The van der Waals surface area contributed by atoms with Gasteiger partial charge in [0, 0.05) is 33.6 Å². The fraction of sp³-hybridized carbons (Fsp3) is 0.206. The molecule has 0 atom stereocenters. The Morgan fingerprint density at radius 3 is 1.98 bits per heavy atom. The smallest absolute Gasteiger partial charge is 0.337 e. The van der Waals surface area contributed by atoms with Crippen LogP contribution < -0.4 is 10.9 Å². The van der Waals surface area contributed by atoms with E-state index in [-0.39, 0.29) is 10.9 Å². The van der Waals surface area contributed by atoms with Gasteiger partial charge in [-0.05, 0) is 67.9 Å². The number of hydrogen-bond donors (Lipinski definition) is 1. The van der Waals surface area contributed by atoms with Crippen molar-refractivity contribution in [2.24, 2.45) is 0 Å². The van der Waals surface area contributed by atoms with Crippen LogP contribution in [-0.2, 0) is 11.3 Å². The van der Waals surface area contributed by atoms with Gasteiger partial charge in [-0.1, -0.05) is 55.7 Å². The van der Waals surface area contributed by atoms with Gasteiger partial charge in [0.15, 0.2) is 10.9 Å². The molecule has 6 aromatic rings. The van der Waals surface area contributed by atoms with Gasteiger partial charge in [0.1, 0.15) is 0 Å². The molecule has 0 saturated heterocycles. The SMILES string of the molecule is CCC.COC(=O)c1ccc(Cn2c3ccc(C)cc3c(=O)c3cc4[nH]c5ccc(C)cc5c(=O)c4cc32)cc1. The Morgan fingerprint density at radius 2 is 1.30 bits per heavy atom. The molecule has 202 valence electrons. The van der Waals surface area contributed by atoms with E-state index in [1.807, 2.05) is 68.4 Å². The zero-order valence-corrected chi connectivity index (χ0v) is 23.4. The molecule has 0 amide bonds. The highest BCUT2D eigenvalue weighted by Crippen LogP contribution is 2.26. The number of H-pyrrole nitrogens is 1. The van der Waals surface area contributed by atoms with Crippen LogP contribution >= 0.6 is 0 Å². The lowest BCUT2D eigenvalue weighted by atomic mass is 10.0. The highest BCUT2D eigenvalue weighted by molar-refractivity contribution is 6.03. The number of aromatic nitrogens is 2. The molecular formula is C34H32N2O4. The van der Waals surface area contributed by atoms with Crippen molar-refractivity contribution in [3.05, 3.63) is 115 Å². The highest BCUT2D eigenvalue weighted by Gasteiger charge is 2.16. The summed E-state index contributed by atoms with van der Waals surface area (Å²) < 4.78 is 6.88. The second kappa shape index (κ2) is 10.8. The van der Waals surface area contributed by atoms with Crippen molar-refractivity contribution in [1.29, 1.82) is 0 Å². The van der Waals surface area contributed by atoms with Gasteiger partial charge >= 0.3 is 5.97 Å². The minimum absolute atomic E-state index is 0.0696. The molecule has 0 aliphatic carbocycles. The van der Waals surface area contributed by atoms with Crippen LogP contribution in [0.2, 0.25) is 0 Å². The Hall–Kier alpha value is -4.71. The number of aryl methyl sites for hydroxylation is 2. The Balaban J connectivity index is 0.00000103. The van der Waals surface area contributed by atoms with Crippen LogP contribution in [0.15, 0.2) is 82.4 Å². The molecule has 0 fully saturated rings. The van der Waals surface area contributed by atoms with Gasteiger partial charge in [0.25, 0.3) is 0 Å². The first-order valence-corrected chi connectivity index (χ1v) is 13.5. The van der Waals surface area contributed by atoms with Gasteiger partial charge in [-0.2, -0.15) is 0 Å². The number of carbonyl (C=O) groups excluding carboxylic acids is 1. The zero-order chi connectivity index (χ0) is 28.6. The number of carbonyl (C=O) groups is 1. The summed E-state index contributed by atoms with van der Waals surface area (Å²) in [5, 5.41) is 2.32.